The fourth-order valence-corrected chi connectivity index (χ4v) is 0. The van der Waals surface area contributed by atoms with Crippen LogP contribution in [0.1, 0.15) is 20.8 Å². The van der Waals surface area contributed by atoms with Gasteiger partial charge in [0.15, 0.2) is 17.9 Å². The molecule has 0 spiro atoms. The molecule has 0 fully saturated rings. The van der Waals surface area contributed by atoms with E-state index in [0.29, 0.717) is 0 Å². The summed E-state index contributed by atoms with van der Waals surface area (Å²) < 4.78 is 0. The van der Waals surface area contributed by atoms with Gasteiger partial charge in [-0.3, -0.25) is 19.7 Å². The van der Waals surface area contributed by atoms with E-state index in [1.807, 2.05) is 0 Å². The number of hydrogen-bond acceptors (Lipinski definition) is 3. The van der Waals surface area contributed by atoms with Crippen LogP contribution in [0, 0.1) is 60.6 Å². The number of aliphatic carboxylic acids is 3. The Morgan fingerprint density at radius 3 is 0.684 bits per heavy atom. The predicted molar refractivity (Wildman–Crippen MR) is 63.4 cm³/mol. The zero-order chi connectivity index (χ0) is 15.5. The Bertz CT molecular complexity index is 277. The van der Waals surface area contributed by atoms with Crippen molar-refractivity contribution in [1.29, 1.82) is 0 Å². The summed E-state index contributed by atoms with van der Waals surface area (Å²) in [7, 11) is 0. The molecule has 0 saturated heterocycles. The molecule has 0 heterocycles. The summed E-state index contributed by atoms with van der Waals surface area (Å²) in [5, 5.41) is 23.5. The van der Waals surface area contributed by atoms with Gasteiger partial charge >= 0.3 is 40.8 Å². The summed E-state index contributed by atoms with van der Waals surface area (Å²) in [4.78, 5) is 28.6. The van der Waals surface area contributed by atoms with Crippen molar-refractivity contribution in [3.8, 4) is 0 Å². The minimum Gasteiger partial charge on any atom is -0.562 e. The SMILES string of the molecule is [CH-]=C(C)C(=O)O.[CH-]=C(C)C(=O)O.[CH-]=C(C)C(=O)O.[Nd+3]. The summed E-state index contributed by atoms with van der Waals surface area (Å²) in [5.41, 5.74) is -0.222. The Hall–Kier alpha value is -1.02. The molecular weight excluding hydrogens is 384 g/mol. The third-order valence-electron chi connectivity index (χ3n) is 1.01. The van der Waals surface area contributed by atoms with Crippen LogP contribution in [-0.4, -0.2) is 33.2 Å². The van der Waals surface area contributed by atoms with E-state index in [-0.39, 0.29) is 57.6 Å². The number of carboxylic acids is 3. The first-order chi connectivity index (χ1) is 7.93. The van der Waals surface area contributed by atoms with Crippen molar-refractivity contribution in [2.24, 2.45) is 0 Å². The summed E-state index contributed by atoms with van der Waals surface area (Å²) in [5.74, 6) is -3.14. The Morgan fingerprint density at radius 2 is 0.684 bits per heavy atom. The standard InChI is InChI=1S/3C4H5O2.Nd/c3*1-3(2)4(5)6;/h3*1H,2H3,(H,5,6);/q3*-1;+3. The molecule has 6 nitrogen and oxygen atoms in total. The smallest absolute Gasteiger partial charge is 0.562 e. The van der Waals surface area contributed by atoms with Crippen molar-refractivity contribution in [3.05, 3.63) is 36.5 Å². The van der Waals surface area contributed by atoms with Gasteiger partial charge in [-0.1, -0.05) is 20.8 Å². The molecule has 0 bridgehead atoms. The van der Waals surface area contributed by atoms with E-state index in [4.69, 9.17) is 35.1 Å². The van der Waals surface area contributed by atoms with E-state index in [1.54, 1.807) is 0 Å². The minimum atomic E-state index is -1.05. The van der Waals surface area contributed by atoms with Gasteiger partial charge in [0.05, 0.1) is 0 Å². The molecule has 0 saturated carbocycles. The van der Waals surface area contributed by atoms with Crippen LogP contribution in [0.2, 0.25) is 0 Å². The fourth-order valence-electron chi connectivity index (χ4n) is 0. The molecule has 0 unspecified atom stereocenters. The molecule has 0 atom stereocenters. The number of rotatable bonds is 3. The van der Waals surface area contributed by atoms with Crippen molar-refractivity contribution >= 4 is 17.9 Å². The van der Waals surface area contributed by atoms with E-state index >= 15 is 0 Å². The van der Waals surface area contributed by atoms with Crippen molar-refractivity contribution in [3.63, 3.8) is 0 Å². The maximum atomic E-state index is 9.54. The van der Waals surface area contributed by atoms with Gasteiger partial charge in [0.2, 0.25) is 0 Å². The molecule has 1 radical (unpaired) electrons. The average Bonchev–Trinajstić information content (AvgIpc) is 2.18. The second-order valence-electron chi connectivity index (χ2n) is 2.96. The predicted octanol–water partition coefficient (Wildman–Crippen LogP) is 1.35. The Kier molecular flexibility index (Phi) is 21.0. The van der Waals surface area contributed by atoms with E-state index in [1.165, 1.54) is 20.8 Å². The van der Waals surface area contributed by atoms with Crippen LogP contribution >= 0.6 is 0 Å². The number of carbonyl (C=O) groups is 3. The van der Waals surface area contributed by atoms with Crippen LogP contribution in [0.3, 0.4) is 0 Å². The molecule has 0 aliphatic carbocycles. The Morgan fingerprint density at radius 1 is 0.632 bits per heavy atom. The van der Waals surface area contributed by atoms with E-state index in [0.717, 1.165) is 0 Å². The summed E-state index contributed by atoms with van der Waals surface area (Å²) in [6.45, 7) is 18.3. The minimum absolute atomic E-state index is 0. The molecular formula is C12H15NdO6. The van der Waals surface area contributed by atoms with Gasteiger partial charge < -0.3 is 29.7 Å². The molecule has 19 heavy (non-hydrogen) atoms. The van der Waals surface area contributed by atoms with Gasteiger partial charge in [-0.2, -0.15) is 0 Å². The summed E-state index contributed by atoms with van der Waals surface area (Å²) in [6, 6.07) is 0. The third-order valence-corrected chi connectivity index (χ3v) is 1.01. The molecule has 3 N–H and O–H groups in total. The summed E-state index contributed by atoms with van der Waals surface area (Å²) in [6.07, 6.45) is 0. The molecule has 0 aliphatic heterocycles. The van der Waals surface area contributed by atoms with E-state index in [9.17, 15) is 14.4 Å². The molecule has 0 amide bonds. The molecule has 0 rings (SSSR count). The van der Waals surface area contributed by atoms with Crippen LogP contribution in [0.5, 0.6) is 0 Å². The first kappa shape index (κ1) is 26.5. The van der Waals surface area contributed by atoms with Gasteiger partial charge in [0.1, 0.15) is 0 Å². The van der Waals surface area contributed by atoms with Gasteiger partial charge in [-0.15, -0.1) is 16.7 Å². The van der Waals surface area contributed by atoms with Gasteiger partial charge in [-0.25, -0.2) is 0 Å². The topological polar surface area (TPSA) is 112 Å². The molecule has 7 heteroatoms. The normalized spacial score (nSPS) is 7.11. The van der Waals surface area contributed by atoms with Crippen LogP contribution in [-0.2, 0) is 14.4 Å². The average molecular weight is 399 g/mol. The van der Waals surface area contributed by atoms with E-state index in [2.05, 4.69) is 0 Å². The number of carboxylic acid groups (broad SMARTS) is 3. The van der Waals surface area contributed by atoms with Crippen molar-refractivity contribution in [1.82, 2.24) is 0 Å². The van der Waals surface area contributed by atoms with E-state index < -0.39 is 17.9 Å². The third kappa shape index (κ3) is 31.6. The quantitative estimate of drug-likeness (QED) is 0.488. The first-order valence-corrected chi connectivity index (χ1v) is 4.40. The Balaban J connectivity index is -0.0000000865. The summed E-state index contributed by atoms with van der Waals surface area (Å²) >= 11 is 0. The molecule has 103 valence electrons. The molecule has 0 aromatic carbocycles. The van der Waals surface area contributed by atoms with Crippen molar-refractivity contribution < 1.29 is 70.5 Å². The Labute approximate surface area is 145 Å². The zero-order valence-corrected chi connectivity index (χ0v) is 14.0. The first-order valence-electron chi connectivity index (χ1n) is 4.40. The van der Waals surface area contributed by atoms with Crippen LogP contribution in [0.4, 0.5) is 0 Å². The van der Waals surface area contributed by atoms with Gasteiger partial charge in [0.25, 0.3) is 0 Å². The van der Waals surface area contributed by atoms with Gasteiger partial charge in [0, 0.05) is 0 Å². The molecule has 0 aromatic rings. The van der Waals surface area contributed by atoms with Crippen LogP contribution in [0.15, 0.2) is 16.7 Å². The largest absolute Gasteiger partial charge is 3.00 e. The maximum absolute atomic E-state index is 9.54. The monoisotopic (exact) mass is 397 g/mol. The zero-order valence-electron chi connectivity index (χ0n) is 10.8. The van der Waals surface area contributed by atoms with Crippen LogP contribution in [0.25, 0.3) is 0 Å². The van der Waals surface area contributed by atoms with Gasteiger partial charge in [-0.05, 0) is 0 Å². The molecule has 0 aliphatic rings. The van der Waals surface area contributed by atoms with Crippen LogP contribution < -0.4 is 0 Å². The van der Waals surface area contributed by atoms with Crippen molar-refractivity contribution in [2.75, 3.05) is 0 Å². The number of hydrogen-bond donors (Lipinski definition) is 3. The molecule has 0 aromatic heterocycles. The fraction of sp³-hybridized carbons (Fsp3) is 0.250. The second-order valence-corrected chi connectivity index (χ2v) is 2.96. The maximum Gasteiger partial charge on any atom is 3.00 e. The second kappa shape index (κ2) is 15.0. The van der Waals surface area contributed by atoms with Crippen molar-refractivity contribution in [2.45, 2.75) is 20.8 Å².